The second-order valence-corrected chi connectivity index (χ2v) is 12.4. The average Bonchev–Trinajstić information content (AvgIpc) is 3.41. The van der Waals surface area contributed by atoms with Gasteiger partial charge in [-0.3, -0.25) is 0 Å². The van der Waals surface area contributed by atoms with Crippen molar-refractivity contribution in [2.75, 3.05) is 6.26 Å². The lowest BCUT2D eigenvalue weighted by Crippen LogP contribution is -2.15. The molecule has 37 heavy (non-hydrogen) atoms. The van der Waals surface area contributed by atoms with Crippen LogP contribution in [0.4, 0.5) is 0 Å². The largest absolute Gasteiger partial charge is 0.456 e. The minimum Gasteiger partial charge on any atom is -0.456 e. The van der Waals surface area contributed by atoms with E-state index >= 15 is 0 Å². The van der Waals surface area contributed by atoms with Gasteiger partial charge in [-0.15, -0.1) is 11.8 Å². The number of hydrogen-bond donors (Lipinski definition) is 0. The number of allylic oxidation sites excluding steroid dienone is 1. The lowest BCUT2D eigenvalue weighted by atomic mass is 9.81. The van der Waals surface area contributed by atoms with Crippen molar-refractivity contribution in [2.24, 2.45) is 0 Å². The van der Waals surface area contributed by atoms with Crippen LogP contribution in [0.5, 0.6) is 0 Å². The van der Waals surface area contributed by atoms with E-state index in [4.69, 9.17) is 4.42 Å². The van der Waals surface area contributed by atoms with Crippen LogP contribution in [0.3, 0.4) is 0 Å². The van der Waals surface area contributed by atoms with Crippen LogP contribution in [-0.4, -0.2) is 6.26 Å². The average molecular weight is 517 g/mol. The van der Waals surface area contributed by atoms with Crippen molar-refractivity contribution in [3.63, 3.8) is 0 Å². The summed E-state index contributed by atoms with van der Waals surface area (Å²) in [5.74, 6) is 1.02. The second kappa shape index (κ2) is 8.72. The van der Waals surface area contributed by atoms with Crippen molar-refractivity contribution < 1.29 is 4.42 Å². The molecule has 5 aromatic rings. The zero-order valence-electron chi connectivity index (χ0n) is 21.3. The molecule has 3 heteroatoms. The predicted molar refractivity (Wildman–Crippen MR) is 159 cm³/mol. The molecule has 0 bridgehead atoms. The highest BCUT2D eigenvalue weighted by Gasteiger charge is 2.36. The molecule has 0 atom stereocenters. The first-order valence-corrected chi connectivity index (χ1v) is 14.9. The van der Waals surface area contributed by atoms with E-state index in [1.165, 1.54) is 59.0 Å². The Morgan fingerprint density at radius 3 is 2.41 bits per heavy atom. The third kappa shape index (κ3) is 3.63. The number of aryl methyl sites for hydroxylation is 1. The molecule has 0 fully saturated rings. The van der Waals surface area contributed by atoms with Gasteiger partial charge in [-0.1, -0.05) is 80.2 Å². The van der Waals surface area contributed by atoms with Crippen molar-refractivity contribution in [1.29, 1.82) is 0 Å². The quantitative estimate of drug-likeness (QED) is 0.221. The van der Waals surface area contributed by atoms with Crippen molar-refractivity contribution in [2.45, 2.75) is 46.8 Å². The van der Waals surface area contributed by atoms with E-state index in [1.54, 1.807) is 11.8 Å². The molecular weight excluding hydrogens is 489 g/mol. The van der Waals surface area contributed by atoms with Gasteiger partial charge < -0.3 is 4.42 Å². The van der Waals surface area contributed by atoms with Gasteiger partial charge in [-0.25, -0.2) is 0 Å². The Bertz CT molecular complexity index is 1720. The second-order valence-electron chi connectivity index (χ2n) is 10.4. The smallest absolute Gasteiger partial charge is 0.142 e. The summed E-state index contributed by atoms with van der Waals surface area (Å²) >= 11 is 3.67. The maximum atomic E-state index is 6.41. The highest BCUT2D eigenvalue weighted by atomic mass is 32.2. The molecule has 0 unspecified atom stereocenters. The summed E-state index contributed by atoms with van der Waals surface area (Å²) in [6.07, 6.45) is 8.63. The van der Waals surface area contributed by atoms with Gasteiger partial charge in [0.2, 0.25) is 0 Å². The highest BCUT2D eigenvalue weighted by molar-refractivity contribution is 8.02. The van der Waals surface area contributed by atoms with Gasteiger partial charge in [0.25, 0.3) is 0 Å². The van der Waals surface area contributed by atoms with E-state index in [0.717, 1.165) is 24.2 Å². The maximum absolute atomic E-state index is 6.41. The monoisotopic (exact) mass is 516 g/mol. The third-order valence-electron chi connectivity index (χ3n) is 7.94. The van der Waals surface area contributed by atoms with Gasteiger partial charge >= 0.3 is 0 Å². The SMILES string of the molecule is CSc1ccccc1Sc1ccc2c(c1)C(C)(C)c1cc(-c3cccc4c5c(oc34)C=CCC5)ccc1-2. The zero-order valence-corrected chi connectivity index (χ0v) is 22.9. The first kappa shape index (κ1) is 23.0. The van der Waals surface area contributed by atoms with Crippen LogP contribution in [0.15, 0.2) is 104 Å². The van der Waals surface area contributed by atoms with Crippen LogP contribution in [-0.2, 0) is 11.8 Å². The molecule has 0 saturated carbocycles. The third-order valence-corrected chi connectivity index (χ3v) is 9.93. The number of rotatable bonds is 4. The first-order valence-electron chi connectivity index (χ1n) is 12.9. The fourth-order valence-electron chi connectivity index (χ4n) is 6.00. The summed E-state index contributed by atoms with van der Waals surface area (Å²) in [4.78, 5) is 3.93. The molecule has 0 aliphatic heterocycles. The molecule has 1 heterocycles. The van der Waals surface area contributed by atoms with E-state index < -0.39 is 0 Å². The Morgan fingerprint density at radius 2 is 1.57 bits per heavy atom. The maximum Gasteiger partial charge on any atom is 0.142 e. The Balaban J connectivity index is 1.30. The van der Waals surface area contributed by atoms with Crippen molar-refractivity contribution in [1.82, 2.24) is 0 Å². The van der Waals surface area contributed by atoms with Gasteiger partial charge in [0.15, 0.2) is 0 Å². The van der Waals surface area contributed by atoms with Crippen LogP contribution in [0.1, 0.15) is 42.7 Å². The van der Waals surface area contributed by atoms with Gasteiger partial charge in [0.05, 0.1) is 0 Å². The minimum atomic E-state index is -0.0741. The standard InChI is InChI=1S/C34H28OS2/c1-34(2)28-19-21(23-10-8-11-27-26-9-4-5-12-30(26)35-33(23)27)15-17-24(28)25-18-16-22(20-29(25)34)37-32-14-7-6-13-31(32)36-3/h5-8,10-20H,4,9H2,1-3H3. The van der Waals surface area contributed by atoms with Gasteiger partial charge in [0.1, 0.15) is 11.3 Å². The van der Waals surface area contributed by atoms with E-state index in [2.05, 4.69) is 111 Å². The number of hydrogen-bond acceptors (Lipinski definition) is 3. The molecule has 1 nitrogen and oxygen atoms in total. The number of furan rings is 1. The predicted octanol–water partition coefficient (Wildman–Crippen LogP) is 10.2. The summed E-state index contributed by atoms with van der Waals surface area (Å²) in [6.45, 7) is 4.73. The molecule has 4 aromatic carbocycles. The van der Waals surface area contributed by atoms with Gasteiger partial charge in [-0.05, 0) is 83.3 Å². The molecule has 0 radical (unpaired) electrons. The van der Waals surface area contributed by atoms with Crippen LogP contribution < -0.4 is 0 Å². The lowest BCUT2D eigenvalue weighted by molar-refractivity contribution is 0.596. The van der Waals surface area contributed by atoms with E-state index in [0.29, 0.717) is 0 Å². The Hall–Kier alpha value is -3.14. The molecule has 182 valence electrons. The number of benzene rings is 4. The molecule has 0 saturated heterocycles. The molecule has 1 aromatic heterocycles. The minimum absolute atomic E-state index is 0.0741. The summed E-state index contributed by atoms with van der Waals surface area (Å²) in [7, 11) is 0. The van der Waals surface area contributed by atoms with E-state index in [-0.39, 0.29) is 5.41 Å². The van der Waals surface area contributed by atoms with Crippen molar-refractivity contribution in [3.05, 3.63) is 107 Å². The zero-order chi connectivity index (χ0) is 25.1. The lowest BCUT2D eigenvalue weighted by Gasteiger charge is -2.22. The fourth-order valence-corrected chi connectivity index (χ4v) is 7.75. The van der Waals surface area contributed by atoms with Gasteiger partial charge in [0, 0.05) is 36.6 Å². The molecular formula is C34H28OS2. The molecule has 0 amide bonds. The first-order chi connectivity index (χ1) is 18.0. The Labute approximate surface area is 227 Å². The summed E-state index contributed by atoms with van der Waals surface area (Å²) in [5.41, 5.74) is 10.2. The molecule has 0 N–H and O–H groups in total. The topological polar surface area (TPSA) is 13.1 Å². The van der Waals surface area contributed by atoms with Crippen LogP contribution in [0, 0.1) is 0 Å². The van der Waals surface area contributed by atoms with E-state index in [9.17, 15) is 0 Å². The van der Waals surface area contributed by atoms with Crippen molar-refractivity contribution in [3.8, 4) is 22.3 Å². The van der Waals surface area contributed by atoms with Crippen LogP contribution in [0.2, 0.25) is 0 Å². The number of thioether (sulfide) groups is 1. The Morgan fingerprint density at radius 1 is 0.784 bits per heavy atom. The highest BCUT2D eigenvalue weighted by Crippen LogP contribution is 2.51. The van der Waals surface area contributed by atoms with E-state index in [1.807, 2.05) is 11.8 Å². The summed E-state index contributed by atoms with van der Waals surface area (Å²) in [6, 6.07) is 29.2. The van der Waals surface area contributed by atoms with Crippen LogP contribution in [0.25, 0.3) is 39.3 Å². The molecule has 7 rings (SSSR count). The number of fused-ring (bicyclic) bond motifs is 6. The summed E-state index contributed by atoms with van der Waals surface area (Å²) in [5, 5.41) is 1.26. The van der Waals surface area contributed by atoms with Crippen molar-refractivity contribution >= 4 is 40.6 Å². The molecule has 2 aliphatic rings. The Kier molecular flexibility index (Phi) is 5.42. The van der Waals surface area contributed by atoms with Crippen LogP contribution >= 0.6 is 23.5 Å². The molecule has 2 aliphatic carbocycles. The normalized spacial score (nSPS) is 15.0. The number of para-hydroxylation sites is 1. The van der Waals surface area contributed by atoms with Gasteiger partial charge in [-0.2, -0.15) is 0 Å². The fraction of sp³-hybridized carbons (Fsp3) is 0.176. The summed E-state index contributed by atoms with van der Waals surface area (Å²) < 4.78 is 6.41. The molecule has 0 spiro atoms.